The van der Waals surface area contributed by atoms with Gasteiger partial charge in [0.25, 0.3) is 0 Å². The molecule has 0 saturated heterocycles. The standard InChI is InChI=1S/C11H16FNO3/c1-15-9-5-7(14)6-10(16-2)11(9)8(13)3-4-12/h5-6,8,14H,3-4,13H2,1-2H3/t8-/m1/s1. The molecule has 0 unspecified atom stereocenters. The quantitative estimate of drug-likeness (QED) is 0.807. The van der Waals surface area contributed by atoms with Crippen molar-refractivity contribution in [3.05, 3.63) is 17.7 Å². The van der Waals surface area contributed by atoms with E-state index in [9.17, 15) is 9.50 Å². The zero-order valence-corrected chi connectivity index (χ0v) is 9.37. The predicted molar refractivity (Wildman–Crippen MR) is 58.7 cm³/mol. The van der Waals surface area contributed by atoms with Gasteiger partial charge in [-0.15, -0.1) is 0 Å². The number of halogens is 1. The summed E-state index contributed by atoms with van der Waals surface area (Å²) in [5.41, 5.74) is 6.40. The molecule has 0 fully saturated rings. The van der Waals surface area contributed by atoms with Crippen molar-refractivity contribution in [2.75, 3.05) is 20.9 Å². The molecule has 0 aliphatic rings. The third-order valence-corrected chi connectivity index (χ3v) is 2.32. The van der Waals surface area contributed by atoms with Crippen LogP contribution in [0.4, 0.5) is 4.39 Å². The Balaban J connectivity index is 3.21. The zero-order chi connectivity index (χ0) is 12.1. The Morgan fingerprint density at radius 1 is 1.31 bits per heavy atom. The third-order valence-electron chi connectivity index (χ3n) is 2.32. The molecule has 0 spiro atoms. The first kappa shape index (κ1) is 12.6. The molecule has 4 nitrogen and oxygen atoms in total. The second-order valence-electron chi connectivity index (χ2n) is 3.35. The fraction of sp³-hybridized carbons (Fsp3) is 0.455. The van der Waals surface area contributed by atoms with Crippen LogP contribution in [0.1, 0.15) is 18.0 Å². The number of phenols is 1. The van der Waals surface area contributed by atoms with E-state index in [1.54, 1.807) is 0 Å². The monoisotopic (exact) mass is 229 g/mol. The van der Waals surface area contributed by atoms with Gasteiger partial charge in [0.05, 0.1) is 26.5 Å². The Morgan fingerprint density at radius 2 is 1.81 bits per heavy atom. The molecule has 0 radical (unpaired) electrons. The van der Waals surface area contributed by atoms with Crippen LogP contribution >= 0.6 is 0 Å². The molecule has 0 amide bonds. The second-order valence-corrected chi connectivity index (χ2v) is 3.35. The summed E-state index contributed by atoms with van der Waals surface area (Å²) in [5.74, 6) is 0.820. The minimum atomic E-state index is -0.519. The molecule has 0 saturated carbocycles. The second kappa shape index (κ2) is 5.55. The third kappa shape index (κ3) is 2.55. The van der Waals surface area contributed by atoms with Crippen LogP contribution in [0, 0.1) is 0 Å². The number of nitrogens with two attached hydrogens (primary N) is 1. The van der Waals surface area contributed by atoms with Gasteiger partial charge in [-0.05, 0) is 6.42 Å². The zero-order valence-electron chi connectivity index (χ0n) is 9.37. The van der Waals surface area contributed by atoms with Crippen molar-refractivity contribution >= 4 is 0 Å². The molecule has 1 rings (SSSR count). The fourth-order valence-electron chi connectivity index (χ4n) is 1.55. The topological polar surface area (TPSA) is 64.7 Å². The molecule has 0 bridgehead atoms. The molecule has 0 aromatic heterocycles. The minimum Gasteiger partial charge on any atom is -0.508 e. The lowest BCUT2D eigenvalue weighted by molar-refractivity contribution is 0.362. The lowest BCUT2D eigenvalue weighted by Crippen LogP contribution is -2.13. The average Bonchev–Trinajstić information content (AvgIpc) is 2.27. The first-order valence-corrected chi connectivity index (χ1v) is 4.90. The average molecular weight is 229 g/mol. The summed E-state index contributed by atoms with van der Waals surface area (Å²) < 4.78 is 22.5. The fourth-order valence-corrected chi connectivity index (χ4v) is 1.55. The summed E-state index contributed by atoms with van der Waals surface area (Å²) >= 11 is 0. The molecular weight excluding hydrogens is 213 g/mol. The van der Waals surface area contributed by atoms with Gasteiger partial charge in [-0.1, -0.05) is 0 Å². The Labute approximate surface area is 93.8 Å². The molecule has 1 aromatic rings. The van der Waals surface area contributed by atoms with Crippen LogP contribution in [-0.4, -0.2) is 26.0 Å². The summed E-state index contributed by atoms with van der Waals surface area (Å²) in [6.45, 7) is -0.519. The number of alkyl halides is 1. The minimum absolute atomic E-state index is 0.0184. The van der Waals surface area contributed by atoms with Crippen LogP contribution in [-0.2, 0) is 0 Å². The van der Waals surface area contributed by atoms with Gasteiger partial charge in [-0.25, -0.2) is 0 Å². The van der Waals surface area contributed by atoms with E-state index in [0.717, 1.165) is 0 Å². The highest BCUT2D eigenvalue weighted by Crippen LogP contribution is 2.37. The van der Waals surface area contributed by atoms with Gasteiger partial charge in [0.2, 0.25) is 0 Å². The molecule has 90 valence electrons. The summed E-state index contributed by atoms with van der Waals surface area (Å²) in [4.78, 5) is 0. The largest absolute Gasteiger partial charge is 0.508 e. The van der Waals surface area contributed by atoms with E-state index in [2.05, 4.69) is 0 Å². The van der Waals surface area contributed by atoms with Crippen LogP contribution in [0.2, 0.25) is 0 Å². The lowest BCUT2D eigenvalue weighted by atomic mass is 10.0. The molecule has 1 atom stereocenters. The van der Waals surface area contributed by atoms with E-state index >= 15 is 0 Å². The number of hydrogen-bond donors (Lipinski definition) is 2. The van der Waals surface area contributed by atoms with E-state index in [0.29, 0.717) is 17.1 Å². The van der Waals surface area contributed by atoms with E-state index in [4.69, 9.17) is 15.2 Å². The molecule has 0 aliphatic heterocycles. The van der Waals surface area contributed by atoms with Gasteiger partial charge < -0.3 is 20.3 Å². The summed E-state index contributed by atoms with van der Waals surface area (Å²) in [7, 11) is 2.92. The number of ether oxygens (including phenoxy) is 2. The molecule has 0 heterocycles. The first-order chi connectivity index (χ1) is 7.63. The Kier molecular flexibility index (Phi) is 4.37. The van der Waals surface area contributed by atoms with Gasteiger partial charge >= 0.3 is 0 Å². The van der Waals surface area contributed by atoms with Crippen molar-refractivity contribution in [1.29, 1.82) is 0 Å². The Hall–Kier alpha value is -1.49. The number of methoxy groups -OCH3 is 2. The molecule has 16 heavy (non-hydrogen) atoms. The molecular formula is C11H16FNO3. The molecule has 0 aliphatic carbocycles. The van der Waals surface area contributed by atoms with Gasteiger partial charge in [-0.3, -0.25) is 4.39 Å². The van der Waals surface area contributed by atoms with Crippen LogP contribution in [0.15, 0.2) is 12.1 Å². The van der Waals surface area contributed by atoms with E-state index in [-0.39, 0.29) is 12.2 Å². The normalized spacial score (nSPS) is 12.2. The van der Waals surface area contributed by atoms with E-state index in [1.807, 2.05) is 0 Å². The maximum atomic E-state index is 12.3. The van der Waals surface area contributed by atoms with Crippen molar-refractivity contribution in [3.63, 3.8) is 0 Å². The number of benzene rings is 1. The van der Waals surface area contributed by atoms with Gasteiger partial charge in [0, 0.05) is 18.2 Å². The van der Waals surface area contributed by atoms with Crippen molar-refractivity contribution in [1.82, 2.24) is 0 Å². The Bertz CT molecular complexity index is 332. The maximum absolute atomic E-state index is 12.3. The van der Waals surface area contributed by atoms with Crippen molar-refractivity contribution in [3.8, 4) is 17.2 Å². The van der Waals surface area contributed by atoms with E-state index < -0.39 is 12.7 Å². The summed E-state index contributed by atoms with van der Waals surface area (Å²) in [6.07, 6.45) is 0.178. The highest BCUT2D eigenvalue weighted by molar-refractivity contribution is 5.51. The van der Waals surface area contributed by atoms with Gasteiger partial charge in [-0.2, -0.15) is 0 Å². The van der Waals surface area contributed by atoms with Crippen LogP contribution < -0.4 is 15.2 Å². The smallest absolute Gasteiger partial charge is 0.131 e. The van der Waals surface area contributed by atoms with Crippen LogP contribution in [0.25, 0.3) is 0 Å². The van der Waals surface area contributed by atoms with Crippen LogP contribution in [0.5, 0.6) is 17.2 Å². The summed E-state index contributed by atoms with van der Waals surface area (Å²) in [6, 6.07) is 2.34. The Morgan fingerprint density at radius 3 is 2.19 bits per heavy atom. The number of aromatic hydroxyl groups is 1. The summed E-state index contributed by atoms with van der Waals surface area (Å²) in [5, 5.41) is 9.42. The predicted octanol–water partition coefficient (Wildman–Crippen LogP) is 1.77. The first-order valence-electron chi connectivity index (χ1n) is 4.90. The molecule has 1 aromatic carbocycles. The van der Waals surface area contributed by atoms with E-state index in [1.165, 1.54) is 26.4 Å². The number of rotatable bonds is 5. The van der Waals surface area contributed by atoms with Crippen molar-refractivity contribution in [2.24, 2.45) is 5.73 Å². The molecule has 5 heteroatoms. The SMILES string of the molecule is COc1cc(O)cc(OC)c1[C@H](N)CCF. The number of phenolic OH excluding ortho intramolecular Hbond substituents is 1. The lowest BCUT2D eigenvalue weighted by Gasteiger charge is -2.18. The highest BCUT2D eigenvalue weighted by atomic mass is 19.1. The van der Waals surface area contributed by atoms with Crippen molar-refractivity contribution < 1.29 is 19.0 Å². The van der Waals surface area contributed by atoms with Gasteiger partial charge in [0.15, 0.2) is 0 Å². The highest BCUT2D eigenvalue weighted by Gasteiger charge is 2.18. The van der Waals surface area contributed by atoms with Crippen LogP contribution in [0.3, 0.4) is 0 Å². The maximum Gasteiger partial charge on any atom is 0.131 e. The van der Waals surface area contributed by atoms with Crippen molar-refractivity contribution in [2.45, 2.75) is 12.5 Å². The van der Waals surface area contributed by atoms with Gasteiger partial charge in [0.1, 0.15) is 17.2 Å². The molecule has 3 N–H and O–H groups in total. The number of hydrogen-bond acceptors (Lipinski definition) is 4.